The number of carbonyl (C=O) groups excluding carboxylic acids is 2. The second-order valence-electron chi connectivity index (χ2n) is 10.3. The molecule has 1 amide bonds. The average molecular weight is 562 g/mol. The number of ketones is 1. The Labute approximate surface area is 233 Å². The van der Waals surface area contributed by atoms with E-state index in [1.165, 1.54) is 23.1 Å². The van der Waals surface area contributed by atoms with Gasteiger partial charge in [0.2, 0.25) is 11.0 Å². The van der Waals surface area contributed by atoms with Gasteiger partial charge in [-0.1, -0.05) is 66.4 Å². The number of benzene rings is 1. The zero-order valence-electron chi connectivity index (χ0n) is 21.9. The number of anilines is 2. The number of aryl methyl sites for hydroxylation is 2. The molecule has 10 nitrogen and oxygen atoms in total. The van der Waals surface area contributed by atoms with Gasteiger partial charge >= 0.3 is 0 Å². The van der Waals surface area contributed by atoms with E-state index >= 15 is 0 Å². The molecule has 0 saturated carbocycles. The standard InChI is InChI=1S/C27H27N7O3S2/c1-14-7-5-6-8-16(14)22-17(12-28)24(29)34(18-10-27(3,4)11-19(35)23(18)22)25-31-32-26(39-25)38-13-21(36)30-20-9-15(2)37-33-20/h5-9,22H,10-11,13,29H2,1-4H3,(H,30,33,36). The van der Waals surface area contributed by atoms with E-state index in [1.54, 1.807) is 17.9 Å². The fraction of sp³-hybridized carbons (Fsp3) is 0.333. The molecular weight excluding hydrogens is 534 g/mol. The zero-order valence-corrected chi connectivity index (χ0v) is 23.6. The summed E-state index contributed by atoms with van der Waals surface area (Å²) < 4.78 is 5.52. The summed E-state index contributed by atoms with van der Waals surface area (Å²) in [7, 11) is 0. The lowest BCUT2D eigenvalue weighted by Gasteiger charge is -2.42. The molecule has 0 spiro atoms. The summed E-state index contributed by atoms with van der Waals surface area (Å²) >= 11 is 2.47. The van der Waals surface area contributed by atoms with E-state index in [0.29, 0.717) is 45.0 Å². The van der Waals surface area contributed by atoms with Gasteiger partial charge in [-0.15, -0.1) is 10.2 Å². The molecule has 1 aliphatic carbocycles. The first-order valence-corrected chi connectivity index (χ1v) is 14.1. The number of hydrogen-bond acceptors (Lipinski definition) is 11. The van der Waals surface area contributed by atoms with Crippen molar-refractivity contribution in [3.8, 4) is 6.07 Å². The van der Waals surface area contributed by atoms with Gasteiger partial charge < -0.3 is 15.6 Å². The maximum atomic E-state index is 13.7. The Bertz CT molecular complexity index is 1580. The number of rotatable bonds is 6. The van der Waals surface area contributed by atoms with E-state index < -0.39 is 5.92 Å². The maximum absolute atomic E-state index is 13.7. The summed E-state index contributed by atoms with van der Waals surface area (Å²) in [6.45, 7) is 7.81. The SMILES string of the molecule is Cc1cc(NC(=O)CSc2nnc(N3C(N)=C(C#N)C(c4ccccc4C)C4=C3CC(C)(C)CC4=O)s2)no1. The lowest BCUT2D eigenvalue weighted by molar-refractivity contribution is -0.118. The molecular formula is C27H27N7O3S2. The van der Waals surface area contributed by atoms with Gasteiger partial charge in [-0.25, -0.2) is 0 Å². The minimum absolute atomic E-state index is 0.00127. The van der Waals surface area contributed by atoms with Crippen LogP contribution in [0, 0.1) is 30.6 Å². The number of nitrogens with zero attached hydrogens (tertiary/aromatic N) is 5. The van der Waals surface area contributed by atoms with Gasteiger partial charge in [0.15, 0.2) is 15.9 Å². The van der Waals surface area contributed by atoms with Gasteiger partial charge in [0.05, 0.1) is 23.3 Å². The van der Waals surface area contributed by atoms with Crippen molar-refractivity contribution in [3.05, 3.63) is 69.9 Å². The number of carbonyl (C=O) groups is 2. The van der Waals surface area contributed by atoms with Crippen LogP contribution >= 0.6 is 23.1 Å². The highest BCUT2D eigenvalue weighted by Crippen LogP contribution is 2.51. The second-order valence-corrected chi connectivity index (χ2v) is 12.5. The minimum atomic E-state index is -0.545. The highest BCUT2D eigenvalue weighted by molar-refractivity contribution is 8.01. The summed E-state index contributed by atoms with van der Waals surface area (Å²) in [5.74, 6) is 0.457. The van der Waals surface area contributed by atoms with Gasteiger partial charge in [0.25, 0.3) is 0 Å². The van der Waals surface area contributed by atoms with Crippen LogP contribution in [0.15, 0.2) is 61.9 Å². The van der Waals surface area contributed by atoms with E-state index in [0.717, 1.165) is 16.8 Å². The number of allylic oxidation sites excluding steroid dienone is 3. The van der Waals surface area contributed by atoms with Crippen LogP contribution in [-0.2, 0) is 9.59 Å². The first-order valence-electron chi connectivity index (χ1n) is 12.3. The van der Waals surface area contributed by atoms with Crippen LogP contribution in [0.1, 0.15) is 49.5 Å². The Kier molecular flexibility index (Phi) is 7.05. The van der Waals surface area contributed by atoms with E-state index in [9.17, 15) is 14.9 Å². The number of hydrogen-bond donors (Lipinski definition) is 2. The van der Waals surface area contributed by atoms with E-state index in [1.807, 2.05) is 45.0 Å². The summed E-state index contributed by atoms with van der Waals surface area (Å²) in [6, 6.07) is 11.7. The van der Waals surface area contributed by atoms with Gasteiger partial charge in [-0.3, -0.25) is 14.5 Å². The van der Waals surface area contributed by atoms with Crippen LogP contribution in [0.25, 0.3) is 0 Å². The van der Waals surface area contributed by atoms with Crippen molar-refractivity contribution in [1.82, 2.24) is 15.4 Å². The molecule has 3 aromatic rings. The Balaban J connectivity index is 1.49. The molecule has 0 fully saturated rings. The predicted molar refractivity (Wildman–Crippen MR) is 149 cm³/mol. The first kappa shape index (κ1) is 26.6. The number of nitrogens with one attached hydrogen (secondary N) is 1. The van der Waals surface area contributed by atoms with Gasteiger partial charge in [-0.2, -0.15) is 5.26 Å². The van der Waals surface area contributed by atoms with Crippen molar-refractivity contribution in [2.24, 2.45) is 11.1 Å². The molecule has 200 valence electrons. The van der Waals surface area contributed by atoms with Crippen LogP contribution in [0.2, 0.25) is 0 Å². The van der Waals surface area contributed by atoms with Crippen molar-refractivity contribution in [2.45, 2.75) is 50.8 Å². The minimum Gasteiger partial charge on any atom is -0.384 e. The number of nitrogens with two attached hydrogens (primary N) is 1. The lowest BCUT2D eigenvalue weighted by atomic mass is 9.68. The molecule has 2 aromatic heterocycles. The molecule has 3 N–H and O–H groups in total. The number of Topliss-reactive ketones (excluding diaryl/α,β-unsaturated/α-hetero) is 1. The molecule has 0 saturated heterocycles. The first-order chi connectivity index (χ1) is 18.6. The lowest BCUT2D eigenvalue weighted by Crippen LogP contribution is -2.42. The largest absolute Gasteiger partial charge is 0.384 e. The highest BCUT2D eigenvalue weighted by atomic mass is 32.2. The number of aromatic nitrogens is 3. The number of thioether (sulfide) groups is 1. The van der Waals surface area contributed by atoms with Crippen LogP contribution in [0.5, 0.6) is 0 Å². The molecule has 1 aliphatic heterocycles. The Morgan fingerprint density at radius 3 is 2.77 bits per heavy atom. The summed E-state index contributed by atoms with van der Waals surface area (Å²) in [5.41, 5.74) is 9.90. The van der Waals surface area contributed by atoms with Crippen LogP contribution in [-0.4, -0.2) is 32.8 Å². The molecule has 2 aliphatic rings. The fourth-order valence-corrected chi connectivity index (χ4v) is 6.71. The van der Waals surface area contributed by atoms with Crippen LogP contribution in [0.4, 0.5) is 10.9 Å². The Morgan fingerprint density at radius 2 is 2.08 bits per heavy atom. The summed E-state index contributed by atoms with van der Waals surface area (Å²) in [4.78, 5) is 27.7. The smallest absolute Gasteiger partial charge is 0.236 e. The van der Waals surface area contributed by atoms with Crippen LogP contribution in [0.3, 0.4) is 0 Å². The maximum Gasteiger partial charge on any atom is 0.236 e. The molecule has 0 bridgehead atoms. The van der Waals surface area contributed by atoms with Crippen molar-refractivity contribution < 1.29 is 14.1 Å². The quantitative estimate of drug-likeness (QED) is 0.401. The van der Waals surface area contributed by atoms with Crippen molar-refractivity contribution in [1.29, 1.82) is 5.26 Å². The average Bonchev–Trinajstić information content (AvgIpc) is 3.50. The van der Waals surface area contributed by atoms with E-state index in [4.69, 9.17) is 10.3 Å². The third-order valence-corrected chi connectivity index (χ3v) is 8.73. The molecule has 1 atom stereocenters. The molecule has 1 unspecified atom stereocenters. The summed E-state index contributed by atoms with van der Waals surface area (Å²) in [6.07, 6.45) is 0.954. The molecule has 0 radical (unpaired) electrons. The topological polar surface area (TPSA) is 151 Å². The third kappa shape index (κ3) is 5.20. The molecule has 3 heterocycles. The van der Waals surface area contributed by atoms with Gasteiger partial charge in [0, 0.05) is 23.8 Å². The van der Waals surface area contributed by atoms with E-state index in [2.05, 4.69) is 26.7 Å². The zero-order chi connectivity index (χ0) is 27.9. The molecule has 12 heteroatoms. The van der Waals surface area contributed by atoms with Gasteiger partial charge in [-0.05, 0) is 36.8 Å². The third-order valence-electron chi connectivity index (χ3n) is 6.69. The predicted octanol–water partition coefficient (Wildman–Crippen LogP) is 4.81. The molecule has 1 aromatic carbocycles. The molecule has 5 rings (SSSR count). The van der Waals surface area contributed by atoms with E-state index in [-0.39, 0.29) is 28.7 Å². The monoisotopic (exact) mass is 561 g/mol. The Hall–Kier alpha value is -3.95. The van der Waals surface area contributed by atoms with Crippen molar-refractivity contribution >= 4 is 45.7 Å². The number of nitriles is 1. The normalized spacial score (nSPS) is 18.7. The molecule has 39 heavy (non-hydrogen) atoms. The van der Waals surface area contributed by atoms with Crippen molar-refractivity contribution in [2.75, 3.05) is 16.0 Å². The second kappa shape index (κ2) is 10.3. The van der Waals surface area contributed by atoms with Crippen molar-refractivity contribution in [3.63, 3.8) is 0 Å². The van der Waals surface area contributed by atoms with Crippen LogP contribution < -0.4 is 16.0 Å². The number of amides is 1. The highest BCUT2D eigenvalue weighted by Gasteiger charge is 2.45. The summed E-state index contributed by atoms with van der Waals surface area (Å²) in [5, 5.41) is 25.7. The fourth-order valence-electron chi connectivity index (χ4n) is 5.03. The van der Waals surface area contributed by atoms with Gasteiger partial charge in [0.1, 0.15) is 11.6 Å². The Morgan fingerprint density at radius 1 is 1.31 bits per heavy atom.